The number of hydrogen-bond donors (Lipinski definition) is 1. The van der Waals surface area contributed by atoms with Gasteiger partial charge in [-0.1, -0.05) is 50.3 Å². The van der Waals surface area contributed by atoms with E-state index >= 15 is 0 Å². The van der Waals surface area contributed by atoms with Crippen LogP contribution in [0.3, 0.4) is 0 Å². The standard InChI is InChI=1S/C23H18FN3O3/c1-14(2)16-6-3-15(4-7-16)5-12-19-20(13-25)22(28)27(26-21(19)23(29)30)18-10-8-17(24)9-11-18/h3-12,14H,1-2H3,(H,29,30)/b12-5-. The van der Waals surface area contributed by atoms with Crippen LogP contribution in [0.2, 0.25) is 0 Å². The maximum absolute atomic E-state index is 13.2. The van der Waals surface area contributed by atoms with E-state index in [-0.39, 0.29) is 16.8 Å². The quantitative estimate of drug-likeness (QED) is 0.688. The Hall–Kier alpha value is -4.05. The fraction of sp³-hybridized carbons (Fsp3) is 0.130. The van der Waals surface area contributed by atoms with Gasteiger partial charge in [-0.25, -0.2) is 9.18 Å². The van der Waals surface area contributed by atoms with Crippen LogP contribution in [0.25, 0.3) is 17.8 Å². The Bertz CT molecular complexity index is 1220. The molecule has 0 fully saturated rings. The first-order chi connectivity index (χ1) is 14.3. The van der Waals surface area contributed by atoms with E-state index in [1.807, 2.05) is 24.3 Å². The highest BCUT2D eigenvalue weighted by atomic mass is 19.1. The summed E-state index contributed by atoms with van der Waals surface area (Å²) >= 11 is 0. The molecule has 30 heavy (non-hydrogen) atoms. The highest BCUT2D eigenvalue weighted by molar-refractivity contribution is 5.92. The predicted molar refractivity (Wildman–Crippen MR) is 111 cm³/mol. The molecule has 0 saturated heterocycles. The van der Waals surface area contributed by atoms with Crippen LogP contribution in [0.5, 0.6) is 0 Å². The molecule has 0 atom stereocenters. The molecule has 0 spiro atoms. The molecule has 0 aliphatic carbocycles. The first kappa shape index (κ1) is 20.7. The third-order valence-corrected chi connectivity index (χ3v) is 4.56. The van der Waals surface area contributed by atoms with Crippen LogP contribution in [0, 0.1) is 17.1 Å². The SMILES string of the molecule is CC(C)c1ccc(/C=C\c2c(C(=O)O)nn(-c3ccc(F)cc3)c(=O)c2C#N)cc1. The molecule has 150 valence electrons. The van der Waals surface area contributed by atoms with Gasteiger partial charge in [-0.05, 0) is 41.3 Å². The fourth-order valence-corrected chi connectivity index (χ4v) is 2.90. The van der Waals surface area contributed by atoms with Gasteiger partial charge in [-0.2, -0.15) is 15.0 Å². The number of halogens is 1. The smallest absolute Gasteiger partial charge is 0.357 e. The molecule has 1 aromatic heterocycles. The minimum absolute atomic E-state index is 0.0821. The van der Waals surface area contributed by atoms with Crippen molar-refractivity contribution in [2.75, 3.05) is 0 Å². The summed E-state index contributed by atoms with van der Waals surface area (Å²) in [5, 5.41) is 23.1. The van der Waals surface area contributed by atoms with Gasteiger partial charge in [0.25, 0.3) is 5.56 Å². The highest BCUT2D eigenvalue weighted by Gasteiger charge is 2.21. The summed E-state index contributed by atoms with van der Waals surface area (Å²) in [5.41, 5.74) is 0.403. The van der Waals surface area contributed by atoms with Crippen molar-refractivity contribution in [2.24, 2.45) is 0 Å². The summed E-state index contributed by atoms with van der Waals surface area (Å²) in [6, 6.07) is 14.2. The van der Waals surface area contributed by atoms with E-state index in [4.69, 9.17) is 0 Å². The van der Waals surface area contributed by atoms with Gasteiger partial charge >= 0.3 is 5.97 Å². The van der Waals surface area contributed by atoms with Gasteiger partial charge in [-0.3, -0.25) is 4.79 Å². The second-order valence-corrected chi connectivity index (χ2v) is 6.90. The Morgan fingerprint density at radius 1 is 1.13 bits per heavy atom. The lowest BCUT2D eigenvalue weighted by atomic mass is 10.0. The fourth-order valence-electron chi connectivity index (χ4n) is 2.90. The maximum Gasteiger partial charge on any atom is 0.357 e. The predicted octanol–water partition coefficient (Wildman–Crippen LogP) is 4.24. The van der Waals surface area contributed by atoms with Gasteiger partial charge < -0.3 is 5.11 Å². The molecule has 1 heterocycles. The first-order valence-electron chi connectivity index (χ1n) is 9.16. The molecule has 0 saturated carbocycles. The summed E-state index contributed by atoms with van der Waals surface area (Å²) in [6.45, 7) is 4.15. The Balaban J connectivity index is 2.13. The number of aromatic carboxylic acids is 1. The summed E-state index contributed by atoms with van der Waals surface area (Å²) in [5.74, 6) is -1.54. The van der Waals surface area contributed by atoms with Gasteiger partial charge in [0.2, 0.25) is 0 Å². The molecular formula is C23H18FN3O3. The van der Waals surface area contributed by atoms with Crippen LogP contribution in [-0.4, -0.2) is 20.9 Å². The lowest BCUT2D eigenvalue weighted by molar-refractivity contribution is 0.0688. The van der Waals surface area contributed by atoms with Crippen LogP contribution in [0.1, 0.15) is 52.5 Å². The Morgan fingerprint density at radius 2 is 1.77 bits per heavy atom. The molecule has 0 aliphatic rings. The average molecular weight is 403 g/mol. The van der Waals surface area contributed by atoms with Crippen molar-refractivity contribution < 1.29 is 14.3 Å². The molecule has 3 aromatic rings. The lowest BCUT2D eigenvalue weighted by Gasteiger charge is -2.10. The number of hydrogen-bond acceptors (Lipinski definition) is 4. The number of rotatable bonds is 5. The van der Waals surface area contributed by atoms with Crippen LogP contribution >= 0.6 is 0 Å². The number of aromatic nitrogens is 2. The topological polar surface area (TPSA) is 96.0 Å². The number of nitrogens with zero attached hydrogens (tertiary/aromatic N) is 3. The zero-order chi connectivity index (χ0) is 21.8. The van der Waals surface area contributed by atoms with E-state index in [1.54, 1.807) is 12.1 Å². The van der Waals surface area contributed by atoms with E-state index in [0.29, 0.717) is 5.92 Å². The van der Waals surface area contributed by atoms with Crippen molar-refractivity contribution in [3.8, 4) is 11.8 Å². The highest BCUT2D eigenvalue weighted by Crippen LogP contribution is 2.18. The van der Waals surface area contributed by atoms with E-state index in [1.165, 1.54) is 18.2 Å². The molecule has 0 radical (unpaired) electrons. The van der Waals surface area contributed by atoms with Crippen LogP contribution in [0.15, 0.2) is 53.3 Å². The van der Waals surface area contributed by atoms with Crippen molar-refractivity contribution in [3.63, 3.8) is 0 Å². The van der Waals surface area contributed by atoms with Crippen LogP contribution < -0.4 is 5.56 Å². The second kappa shape index (κ2) is 8.53. The first-order valence-corrected chi connectivity index (χ1v) is 9.16. The van der Waals surface area contributed by atoms with E-state index in [2.05, 4.69) is 18.9 Å². The van der Waals surface area contributed by atoms with Crippen LogP contribution in [0.4, 0.5) is 4.39 Å². The van der Waals surface area contributed by atoms with E-state index < -0.39 is 23.0 Å². The van der Waals surface area contributed by atoms with Crippen molar-refractivity contribution in [2.45, 2.75) is 19.8 Å². The van der Waals surface area contributed by atoms with Gasteiger partial charge in [0, 0.05) is 5.56 Å². The lowest BCUT2D eigenvalue weighted by Crippen LogP contribution is -2.28. The summed E-state index contributed by atoms with van der Waals surface area (Å²) < 4.78 is 14.0. The molecule has 0 aliphatic heterocycles. The number of carbonyl (C=O) groups is 1. The van der Waals surface area contributed by atoms with Crippen LogP contribution in [-0.2, 0) is 0 Å². The minimum Gasteiger partial charge on any atom is -0.476 e. The molecule has 7 heteroatoms. The van der Waals surface area contributed by atoms with Gasteiger partial charge in [0.1, 0.15) is 17.4 Å². The number of carboxylic acids is 1. The van der Waals surface area contributed by atoms with Gasteiger partial charge in [-0.15, -0.1) is 0 Å². The normalized spacial score (nSPS) is 11.0. The Labute approximate surface area is 172 Å². The third kappa shape index (κ3) is 4.18. The molecular weight excluding hydrogens is 385 g/mol. The number of carboxylic acid groups (broad SMARTS) is 1. The van der Waals surface area contributed by atoms with Crippen molar-refractivity contribution in [1.82, 2.24) is 9.78 Å². The van der Waals surface area contributed by atoms with Crippen molar-refractivity contribution in [3.05, 3.63) is 92.6 Å². The monoisotopic (exact) mass is 403 g/mol. The van der Waals surface area contributed by atoms with E-state index in [0.717, 1.165) is 27.9 Å². The average Bonchev–Trinajstić information content (AvgIpc) is 2.73. The molecule has 1 N–H and O–H groups in total. The third-order valence-electron chi connectivity index (χ3n) is 4.56. The van der Waals surface area contributed by atoms with Crippen molar-refractivity contribution in [1.29, 1.82) is 5.26 Å². The largest absolute Gasteiger partial charge is 0.476 e. The van der Waals surface area contributed by atoms with Crippen molar-refractivity contribution >= 4 is 18.1 Å². The van der Waals surface area contributed by atoms with Gasteiger partial charge in [0.05, 0.1) is 5.69 Å². The molecule has 0 unspecified atom stereocenters. The summed E-state index contributed by atoms with van der Waals surface area (Å²) in [4.78, 5) is 24.6. The summed E-state index contributed by atoms with van der Waals surface area (Å²) in [6.07, 6.45) is 3.02. The molecule has 6 nitrogen and oxygen atoms in total. The molecule has 0 bridgehead atoms. The zero-order valence-corrected chi connectivity index (χ0v) is 16.3. The Kier molecular flexibility index (Phi) is 5.88. The number of benzene rings is 2. The summed E-state index contributed by atoms with van der Waals surface area (Å²) in [7, 11) is 0. The molecule has 0 amide bonds. The molecule has 3 rings (SSSR count). The zero-order valence-electron chi connectivity index (χ0n) is 16.3. The van der Waals surface area contributed by atoms with E-state index in [9.17, 15) is 24.3 Å². The minimum atomic E-state index is -1.39. The Morgan fingerprint density at radius 3 is 2.30 bits per heavy atom. The van der Waals surface area contributed by atoms with Gasteiger partial charge in [0.15, 0.2) is 5.69 Å². The number of nitriles is 1. The second-order valence-electron chi connectivity index (χ2n) is 6.90. The maximum atomic E-state index is 13.2. The molecule has 2 aromatic carbocycles.